The highest BCUT2D eigenvalue weighted by Gasteiger charge is 2.29. The minimum absolute atomic E-state index is 0.000842. The first kappa shape index (κ1) is 26.9. The van der Waals surface area contributed by atoms with E-state index in [0.717, 1.165) is 49.7 Å². The summed E-state index contributed by atoms with van der Waals surface area (Å²) in [5.74, 6) is 0.662. The Balaban J connectivity index is 1.73. The second-order valence-corrected chi connectivity index (χ2v) is 10.5. The molecule has 0 bridgehead atoms. The molecule has 1 fully saturated rings. The number of aromatic nitrogens is 2. The minimum atomic E-state index is -0.294. The average molecular weight is 506 g/mol. The van der Waals surface area contributed by atoms with Crippen LogP contribution in [0, 0.1) is 12.7 Å². The zero-order valence-corrected chi connectivity index (χ0v) is 23.0. The molecule has 0 N–H and O–H groups in total. The molecule has 1 saturated heterocycles. The zero-order chi connectivity index (χ0) is 26.7. The van der Waals surface area contributed by atoms with Gasteiger partial charge in [0.2, 0.25) is 0 Å². The van der Waals surface area contributed by atoms with Crippen LogP contribution in [0.15, 0.2) is 48.5 Å². The number of anilines is 1. The van der Waals surface area contributed by atoms with E-state index in [1.165, 1.54) is 17.7 Å². The summed E-state index contributed by atoms with van der Waals surface area (Å²) in [7, 11) is 0. The topological polar surface area (TPSA) is 44.6 Å². The maximum Gasteiger partial charge on any atom is 0.254 e. The lowest BCUT2D eigenvalue weighted by molar-refractivity contribution is 0.0690. The number of nitrogens with zero attached hydrogens (tertiary/aromatic N) is 5. The highest BCUT2D eigenvalue weighted by molar-refractivity contribution is 5.94. The van der Waals surface area contributed by atoms with Crippen LogP contribution in [0.4, 0.5) is 10.2 Å². The number of amides is 1. The molecule has 0 saturated carbocycles. The van der Waals surface area contributed by atoms with Crippen LogP contribution in [0.25, 0.3) is 5.69 Å². The number of piperazine rings is 1. The molecule has 1 aliphatic heterocycles. The van der Waals surface area contributed by atoms with E-state index in [0.29, 0.717) is 23.8 Å². The summed E-state index contributed by atoms with van der Waals surface area (Å²) in [6, 6.07) is 15.0. The molecule has 3 aromatic rings. The van der Waals surface area contributed by atoms with Gasteiger partial charge in [0.1, 0.15) is 11.6 Å². The van der Waals surface area contributed by atoms with Crippen LogP contribution >= 0.6 is 0 Å². The van der Waals surface area contributed by atoms with Gasteiger partial charge in [0.05, 0.1) is 17.9 Å². The molecule has 1 aromatic heterocycles. The largest absolute Gasteiger partial charge is 0.354 e. The number of carbonyl (C=O) groups excluding carboxylic acids is 1. The Kier molecular flexibility index (Phi) is 8.32. The summed E-state index contributed by atoms with van der Waals surface area (Å²) in [6.45, 7) is 16.7. The molecule has 2 aromatic carbocycles. The van der Waals surface area contributed by atoms with Crippen LogP contribution in [-0.2, 0) is 13.0 Å². The van der Waals surface area contributed by atoms with Crippen molar-refractivity contribution in [3.05, 3.63) is 76.7 Å². The van der Waals surface area contributed by atoms with E-state index in [1.807, 2.05) is 60.7 Å². The Morgan fingerprint density at radius 2 is 1.70 bits per heavy atom. The molecule has 4 rings (SSSR count). The standard InChI is InChI=1S/C30H40FN5O/c1-7-24-11-13-25(14-12-24)30(37)35(22(4)5)20-28-23(6)32-36(27-10-8-9-26(31)19-27)29(28)34-17-15-33(16-18-34)21(2)3/h8-14,19,21-22H,7,15-18,20H2,1-6H3. The van der Waals surface area contributed by atoms with Crippen LogP contribution in [-0.4, -0.2) is 63.8 Å². The van der Waals surface area contributed by atoms with Crippen molar-refractivity contribution in [2.45, 2.75) is 66.6 Å². The Morgan fingerprint density at radius 3 is 2.27 bits per heavy atom. The van der Waals surface area contributed by atoms with Crippen LogP contribution in [0.5, 0.6) is 0 Å². The van der Waals surface area contributed by atoms with E-state index < -0.39 is 0 Å². The van der Waals surface area contributed by atoms with Gasteiger partial charge in [-0.1, -0.05) is 25.1 Å². The van der Waals surface area contributed by atoms with E-state index in [1.54, 1.807) is 6.07 Å². The molecule has 198 valence electrons. The third-order valence-corrected chi connectivity index (χ3v) is 7.38. The van der Waals surface area contributed by atoms with Crippen molar-refractivity contribution in [1.29, 1.82) is 0 Å². The van der Waals surface area contributed by atoms with Crippen LogP contribution in [0.3, 0.4) is 0 Å². The number of rotatable bonds is 8. The fraction of sp³-hybridized carbons (Fsp3) is 0.467. The fourth-order valence-corrected chi connectivity index (χ4v) is 5.00. The molecule has 7 heteroatoms. The summed E-state index contributed by atoms with van der Waals surface area (Å²) < 4.78 is 16.1. The van der Waals surface area contributed by atoms with Gasteiger partial charge in [-0.05, 0) is 76.9 Å². The number of hydrogen-bond donors (Lipinski definition) is 0. The predicted molar refractivity (Wildman–Crippen MR) is 148 cm³/mol. The van der Waals surface area contributed by atoms with Crippen LogP contribution in [0.2, 0.25) is 0 Å². The van der Waals surface area contributed by atoms with Gasteiger partial charge in [-0.3, -0.25) is 9.69 Å². The Labute approximate surface area is 220 Å². The van der Waals surface area contributed by atoms with E-state index in [9.17, 15) is 9.18 Å². The molecule has 1 amide bonds. The molecule has 0 aliphatic carbocycles. The van der Waals surface area contributed by atoms with Crippen molar-refractivity contribution in [3.8, 4) is 5.69 Å². The third-order valence-electron chi connectivity index (χ3n) is 7.38. The number of hydrogen-bond acceptors (Lipinski definition) is 4. The van der Waals surface area contributed by atoms with E-state index in [-0.39, 0.29) is 17.8 Å². The average Bonchev–Trinajstić information content (AvgIpc) is 3.22. The van der Waals surface area contributed by atoms with Gasteiger partial charge in [-0.2, -0.15) is 5.10 Å². The SMILES string of the molecule is CCc1ccc(C(=O)N(Cc2c(C)nn(-c3cccc(F)c3)c2N2CCN(C(C)C)CC2)C(C)C)cc1. The molecule has 2 heterocycles. The summed E-state index contributed by atoms with van der Waals surface area (Å²) in [4.78, 5) is 20.4. The molecule has 0 atom stereocenters. The molecular formula is C30H40FN5O. The van der Waals surface area contributed by atoms with Crippen molar-refractivity contribution in [2.75, 3.05) is 31.1 Å². The number of aryl methyl sites for hydroxylation is 2. The minimum Gasteiger partial charge on any atom is -0.354 e. The quantitative estimate of drug-likeness (QED) is 0.408. The molecule has 6 nitrogen and oxygen atoms in total. The summed E-state index contributed by atoms with van der Waals surface area (Å²) in [5, 5.41) is 4.88. The first-order valence-electron chi connectivity index (χ1n) is 13.4. The lowest BCUT2D eigenvalue weighted by Gasteiger charge is -2.39. The Hall–Kier alpha value is -3.19. The molecule has 1 aliphatic rings. The Morgan fingerprint density at radius 1 is 1.03 bits per heavy atom. The predicted octanol–water partition coefficient (Wildman–Crippen LogP) is 5.46. The van der Waals surface area contributed by atoms with Crippen molar-refractivity contribution in [3.63, 3.8) is 0 Å². The number of halogens is 1. The normalized spacial score (nSPS) is 14.6. The van der Waals surface area contributed by atoms with Crippen molar-refractivity contribution < 1.29 is 9.18 Å². The van der Waals surface area contributed by atoms with Crippen molar-refractivity contribution in [2.24, 2.45) is 0 Å². The highest BCUT2D eigenvalue weighted by atomic mass is 19.1. The number of benzene rings is 2. The highest BCUT2D eigenvalue weighted by Crippen LogP contribution is 2.31. The maximum atomic E-state index is 14.2. The summed E-state index contributed by atoms with van der Waals surface area (Å²) >= 11 is 0. The summed E-state index contributed by atoms with van der Waals surface area (Å²) in [6.07, 6.45) is 0.939. The van der Waals surface area contributed by atoms with Crippen LogP contribution in [0.1, 0.15) is 61.8 Å². The molecule has 0 radical (unpaired) electrons. The third kappa shape index (κ3) is 5.87. The molecule has 0 unspecified atom stereocenters. The molecular weight excluding hydrogens is 465 g/mol. The van der Waals surface area contributed by atoms with Gasteiger partial charge in [0.15, 0.2) is 0 Å². The van der Waals surface area contributed by atoms with Gasteiger partial charge >= 0.3 is 0 Å². The second-order valence-electron chi connectivity index (χ2n) is 10.5. The lowest BCUT2D eigenvalue weighted by Crippen LogP contribution is -2.49. The first-order chi connectivity index (χ1) is 17.7. The smallest absolute Gasteiger partial charge is 0.254 e. The van der Waals surface area contributed by atoms with Gasteiger partial charge in [-0.25, -0.2) is 9.07 Å². The first-order valence-corrected chi connectivity index (χ1v) is 13.4. The van der Waals surface area contributed by atoms with Gasteiger partial charge in [-0.15, -0.1) is 0 Å². The lowest BCUT2D eigenvalue weighted by atomic mass is 10.1. The Bertz CT molecular complexity index is 1210. The monoisotopic (exact) mass is 505 g/mol. The van der Waals surface area contributed by atoms with E-state index >= 15 is 0 Å². The number of carbonyl (C=O) groups is 1. The van der Waals surface area contributed by atoms with Crippen LogP contribution < -0.4 is 4.90 Å². The van der Waals surface area contributed by atoms with E-state index in [2.05, 4.69) is 30.6 Å². The maximum absolute atomic E-state index is 14.2. The van der Waals surface area contributed by atoms with Gasteiger partial charge in [0.25, 0.3) is 5.91 Å². The van der Waals surface area contributed by atoms with Crippen molar-refractivity contribution in [1.82, 2.24) is 19.6 Å². The molecule has 0 spiro atoms. The second kappa shape index (κ2) is 11.5. The van der Waals surface area contributed by atoms with Gasteiger partial charge in [0, 0.05) is 49.4 Å². The van der Waals surface area contributed by atoms with Crippen molar-refractivity contribution >= 4 is 11.7 Å². The van der Waals surface area contributed by atoms with Gasteiger partial charge < -0.3 is 9.80 Å². The fourth-order valence-electron chi connectivity index (χ4n) is 5.00. The summed E-state index contributed by atoms with van der Waals surface area (Å²) in [5.41, 5.74) is 4.45. The van der Waals surface area contributed by atoms with E-state index in [4.69, 9.17) is 5.10 Å². The molecule has 37 heavy (non-hydrogen) atoms. The zero-order valence-electron chi connectivity index (χ0n) is 23.0.